The third kappa shape index (κ3) is 4.12. The Kier molecular flexibility index (Phi) is 4.75. The summed E-state index contributed by atoms with van der Waals surface area (Å²) in [4.78, 5) is 0.299. The predicted molar refractivity (Wildman–Crippen MR) is 81.2 cm³/mol. The quantitative estimate of drug-likeness (QED) is 0.923. The summed E-state index contributed by atoms with van der Waals surface area (Å²) in [5.74, 6) is -0.232. The van der Waals surface area contributed by atoms with Crippen LogP contribution in [0.2, 0.25) is 0 Å². The molecule has 0 aliphatic rings. The lowest BCUT2D eigenvalue weighted by atomic mass is 10.1. The zero-order valence-electron chi connectivity index (χ0n) is 12.0. The van der Waals surface area contributed by atoms with Crippen molar-refractivity contribution in [3.05, 3.63) is 65.5 Å². The minimum absolute atomic E-state index is 0.124. The summed E-state index contributed by atoms with van der Waals surface area (Å²) in [6, 6.07) is 13.2. The molecule has 2 aromatic carbocycles. The second kappa shape index (κ2) is 6.37. The zero-order valence-corrected chi connectivity index (χ0v) is 12.8. The summed E-state index contributed by atoms with van der Waals surface area (Å²) in [7, 11) is -3.17. The van der Waals surface area contributed by atoms with Crippen molar-refractivity contribution in [1.82, 2.24) is 5.32 Å². The average Bonchev–Trinajstić information content (AvgIpc) is 2.45. The van der Waals surface area contributed by atoms with Crippen molar-refractivity contribution in [2.45, 2.75) is 24.4 Å². The van der Waals surface area contributed by atoms with E-state index in [2.05, 4.69) is 5.32 Å². The smallest absolute Gasteiger partial charge is 0.175 e. The molecule has 2 rings (SSSR count). The van der Waals surface area contributed by atoms with Crippen LogP contribution in [0, 0.1) is 5.82 Å². The fourth-order valence-electron chi connectivity index (χ4n) is 2.06. The molecule has 0 radical (unpaired) electrons. The van der Waals surface area contributed by atoms with Gasteiger partial charge in [0.15, 0.2) is 9.84 Å². The lowest BCUT2D eigenvalue weighted by Gasteiger charge is -2.15. The summed E-state index contributed by atoms with van der Waals surface area (Å²) in [5.41, 5.74) is 1.57. The Balaban J connectivity index is 2.02. The molecule has 0 aliphatic heterocycles. The van der Waals surface area contributed by atoms with E-state index in [1.165, 1.54) is 12.3 Å². The number of sulfone groups is 1. The highest BCUT2D eigenvalue weighted by Gasteiger charge is 2.10. The molecule has 0 amide bonds. The molecule has 5 heteroatoms. The van der Waals surface area contributed by atoms with Crippen LogP contribution >= 0.6 is 0 Å². The first kappa shape index (κ1) is 15.7. The molecule has 0 aliphatic carbocycles. The van der Waals surface area contributed by atoms with Gasteiger partial charge in [0.2, 0.25) is 0 Å². The van der Waals surface area contributed by atoms with Crippen LogP contribution in [0.25, 0.3) is 0 Å². The van der Waals surface area contributed by atoms with E-state index in [-0.39, 0.29) is 11.9 Å². The van der Waals surface area contributed by atoms with Crippen molar-refractivity contribution in [3.8, 4) is 0 Å². The van der Waals surface area contributed by atoms with Gasteiger partial charge in [-0.2, -0.15) is 0 Å². The van der Waals surface area contributed by atoms with Gasteiger partial charge >= 0.3 is 0 Å². The van der Waals surface area contributed by atoms with Crippen molar-refractivity contribution in [2.24, 2.45) is 0 Å². The summed E-state index contributed by atoms with van der Waals surface area (Å²) >= 11 is 0. The lowest BCUT2D eigenvalue weighted by molar-refractivity contribution is 0.528. The highest BCUT2D eigenvalue weighted by atomic mass is 32.2. The largest absolute Gasteiger partial charge is 0.306 e. The van der Waals surface area contributed by atoms with Gasteiger partial charge in [0.25, 0.3) is 0 Å². The molecule has 1 unspecified atom stereocenters. The fraction of sp³-hybridized carbons (Fsp3) is 0.250. The third-order valence-electron chi connectivity index (χ3n) is 3.34. The maximum Gasteiger partial charge on any atom is 0.175 e. The first-order valence-corrected chi connectivity index (χ1v) is 8.54. The van der Waals surface area contributed by atoms with Gasteiger partial charge in [-0.15, -0.1) is 0 Å². The van der Waals surface area contributed by atoms with Crippen LogP contribution in [0.3, 0.4) is 0 Å². The van der Waals surface area contributed by atoms with E-state index in [0.717, 1.165) is 5.56 Å². The van der Waals surface area contributed by atoms with Crippen LogP contribution in [0.1, 0.15) is 24.1 Å². The molecule has 0 spiro atoms. The van der Waals surface area contributed by atoms with Crippen LogP contribution in [-0.2, 0) is 16.4 Å². The first-order valence-electron chi connectivity index (χ1n) is 6.65. The predicted octanol–water partition coefficient (Wildman–Crippen LogP) is 3.08. The molecule has 0 aromatic heterocycles. The van der Waals surface area contributed by atoms with E-state index >= 15 is 0 Å². The molecule has 0 saturated carbocycles. The van der Waals surface area contributed by atoms with Gasteiger partial charge in [0, 0.05) is 24.4 Å². The van der Waals surface area contributed by atoms with E-state index in [0.29, 0.717) is 17.0 Å². The molecule has 1 N–H and O–H groups in total. The zero-order chi connectivity index (χ0) is 15.5. The summed E-state index contributed by atoms with van der Waals surface area (Å²) in [6.45, 7) is 2.43. The maximum atomic E-state index is 13.6. The van der Waals surface area contributed by atoms with Crippen LogP contribution in [0.15, 0.2) is 53.4 Å². The second-order valence-electron chi connectivity index (χ2n) is 5.04. The molecular weight excluding hydrogens is 289 g/mol. The molecule has 1 atom stereocenters. The van der Waals surface area contributed by atoms with Gasteiger partial charge < -0.3 is 5.32 Å². The van der Waals surface area contributed by atoms with Gasteiger partial charge in [-0.25, -0.2) is 12.8 Å². The molecule has 0 bridgehead atoms. The Morgan fingerprint density at radius 3 is 2.29 bits per heavy atom. The Morgan fingerprint density at radius 2 is 1.71 bits per heavy atom. The van der Waals surface area contributed by atoms with Crippen LogP contribution < -0.4 is 5.32 Å². The van der Waals surface area contributed by atoms with Gasteiger partial charge in [0.05, 0.1) is 4.90 Å². The van der Waals surface area contributed by atoms with Crippen molar-refractivity contribution < 1.29 is 12.8 Å². The third-order valence-corrected chi connectivity index (χ3v) is 4.46. The highest BCUT2D eigenvalue weighted by molar-refractivity contribution is 7.90. The highest BCUT2D eigenvalue weighted by Crippen LogP contribution is 2.17. The molecule has 112 valence electrons. The Labute approximate surface area is 124 Å². The van der Waals surface area contributed by atoms with Gasteiger partial charge in [-0.3, -0.25) is 0 Å². The van der Waals surface area contributed by atoms with Crippen LogP contribution in [0.4, 0.5) is 4.39 Å². The topological polar surface area (TPSA) is 46.2 Å². The van der Waals surface area contributed by atoms with Gasteiger partial charge in [-0.05, 0) is 30.7 Å². The van der Waals surface area contributed by atoms with Crippen LogP contribution in [0.5, 0.6) is 0 Å². The van der Waals surface area contributed by atoms with Crippen molar-refractivity contribution in [3.63, 3.8) is 0 Å². The molecule has 21 heavy (non-hydrogen) atoms. The number of nitrogens with one attached hydrogen (secondary N) is 1. The van der Waals surface area contributed by atoms with E-state index in [9.17, 15) is 12.8 Å². The molecule has 0 heterocycles. The van der Waals surface area contributed by atoms with E-state index in [1.54, 1.807) is 42.5 Å². The van der Waals surface area contributed by atoms with Crippen molar-refractivity contribution >= 4 is 9.84 Å². The van der Waals surface area contributed by atoms with Gasteiger partial charge in [-0.1, -0.05) is 30.3 Å². The lowest BCUT2D eigenvalue weighted by Crippen LogP contribution is -2.19. The van der Waals surface area contributed by atoms with E-state index in [1.807, 2.05) is 6.92 Å². The summed E-state index contributed by atoms with van der Waals surface area (Å²) in [6.07, 6.45) is 1.18. The number of benzene rings is 2. The average molecular weight is 307 g/mol. The minimum Gasteiger partial charge on any atom is -0.306 e. The normalized spacial score (nSPS) is 13.1. The van der Waals surface area contributed by atoms with E-state index in [4.69, 9.17) is 0 Å². The minimum atomic E-state index is -3.17. The maximum absolute atomic E-state index is 13.6. The Bertz CT molecular complexity index is 711. The number of hydrogen-bond donors (Lipinski definition) is 1. The van der Waals surface area contributed by atoms with Gasteiger partial charge in [0.1, 0.15) is 5.82 Å². The molecular formula is C16H18FNO2S. The Hall–Kier alpha value is -1.72. The summed E-state index contributed by atoms with van der Waals surface area (Å²) < 4.78 is 36.4. The number of hydrogen-bond acceptors (Lipinski definition) is 3. The molecule has 2 aromatic rings. The standard InChI is InChI=1S/C16H18FNO2S/c1-12(15-5-3-4-6-16(15)17)18-11-13-7-9-14(10-8-13)21(2,19)20/h3-10,12,18H,11H2,1-2H3. The second-order valence-corrected chi connectivity index (χ2v) is 7.06. The van der Waals surface area contributed by atoms with Crippen molar-refractivity contribution in [1.29, 1.82) is 0 Å². The monoisotopic (exact) mass is 307 g/mol. The Morgan fingerprint density at radius 1 is 1.10 bits per heavy atom. The molecule has 3 nitrogen and oxygen atoms in total. The van der Waals surface area contributed by atoms with Crippen LogP contribution in [-0.4, -0.2) is 14.7 Å². The molecule has 0 fully saturated rings. The van der Waals surface area contributed by atoms with Crippen molar-refractivity contribution in [2.75, 3.05) is 6.26 Å². The number of halogens is 1. The van der Waals surface area contributed by atoms with E-state index < -0.39 is 9.84 Å². The molecule has 0 saturated heterocycles. The first-order chi connectivity index (χ1) is 9.88. The number of rotatable bonds is 5. The SMILES string of the molecule is CC(NCc1ccc(S(C)(=O)=O)cc1)c1ccccc1F. The fourth-order valence-corrected chi connectivity index (χ4v) is 2.69. The summed E-state index contributed by atoms with van der Waals surface area (Å²) in [5, 5.41) is 3.22.